The maximum atomic E-state index is 10.8. The molecule has 2 aromatic rings. The van der Waals surface area contributed by atoms with Gasteiger partial charge in [0, 0.05) is 12.4 Å². The number of hydrogen-bond donors (Lipinski definition) is 1. The van der Waals surface area contributed by atoms with E-state index in [9.17, 15) is 4.79 Å². The minimum atomic E-state index is -0.819. The van der Waals surface area contributed by atoms with Crippen LogP contribution in [0.4, 0.5) is 0 Å². The quantitative estimate of drug-likeness (QED) is 0.881. The number of aryl methyl sites for hydroxylation is 1. The molecule has 0 bridgehead atoms. The average Bonchev–Trinajstić information content (AvgIpc) is 2.94. The van der Waals surface area contributed by atoms with E-state index in [1.807, 2.05) is 10.8 Å². The Morgan fingerprint density at radius 1 is 1.33 bits per heavy atom. The predicted molar refractivity (Wildman–Crippen MR) is 83.3 cm³/mol. The molecule has 0 saturated carbocycles. The molecule has 0 amide bonds. The average molecular weight is 302 g/mol. The first-order valence-electron chi connectivity index (χ1n) is 7.16. The van der Waals surface area contributed by atoms with E-state index < -0.39 is 5.97 Å². The van der Waals surface area contributed by atoms with E-state index in [1.54, 1.807) is 6.20 Å². The van der Waals surface area contributed by atoms with Gasteiger partial charge < -0.3 is 5.11 Å². The molecule has 110 valence electrons. The Kier molecular flexibility index (Phi) is 4.01. The number of hydrogen-bond acceptors (Lipinski definition) is 3. The molecule has 1 heterocycles. The van der Waals surface area contributed by atoms with Crippen LogP contribution in [-0.2, 0) is 17.6 Å². The van der Waals surface area contributed by atoms with Crippen molar-refractivity contribution in [1.29, 1.82) is 0 Å². The zero-order chi connectivity index (χ0) is 14.8. The summed E-state index contributed by atoms with van der Waals surface area (Å²) in [5.74, 6) is -0.786. The van der Waals surface area contributed by atoms with E-state index >= 15 is 0 Å². The maximum Gasteiger partial charge on any atom is 0.313 e. The molecular weight excluding hydrogens is 284 g/mol. The zero-order valence-corrected chi connectivity index (χ0v) is 12.8. The molecule has 1 aromatic heterocycles. The van der Waals surface area contributed by atoms with Gasteiger partial charge in [-0.25, -0.2) is 4.98 Å². The van der Waals surface area contributed by atoms with Gasteiger partial charge in [-0.1, -0.05) is 17.8 Å². The molecule has 1 aliphatic carbocycles. The Balaban J connectivity index is 2.01. The minimum Gasteiger partial charge on any atom is -0.481 e. The number of nitrogens with zero attached hydrogens (tertiary/aromatic N) is 2. The predicted octanol–water partition coefficient (Wildman–Crippen LogP) is 3.24. The zero-order valence-electron chi connectivity index (χ0n) is 12.0. The fraction of sp³-hybridized carbons (Fsp3) is 0.375. The normalized spacial score (nSPS) is 14.0. The topological polar surface area (TPSA) is 55.1 Å². The SMILES string of the molecule is Cc1ccc(-n2ccnc2SCC(=O)O)c2c1CCCC2. The number of carboxylic acids is 1. The van der Waals surface area contributed by atoms with Gasteiger partial charge in [0.15, 0.2) is 5.16 Å². The summed E-state index contributed by atoms with van der Waals surface area (Å²) in [6.07, 6.45) is 8.36. The van der Waals surface area contributed by atoms with Crippen LogP contribution < -0.4 is 0 Å². The maximum absolute atomic E-state index is 10.8. The lowest BCUT2D eigenvalue weighted by molar-refractivity contribution is -0.133. The second kappa shape index (κ2) is 5.93. The van der Waals surface area contributed by atoms with Crippen LogP contribution in [0.1, 0.15) is 29.5 Å². The number of fused-ring (bicyclic) bond motifs is 1. The van der Waals surface area contributed by atoms with E-state index in [1.165, 1.54) is 41.3 Å². The lowest BCUT2D eigenvalue weighted by atomic mass is 9.87. The van der Waals surface area contributed by atoms with E-state index in [-0.39, 0.29) is 5.75 Å². The Morgan fingerprint density at radius 3 is 2.86 bits per heavy atom. The van der Waals surface area contributed by atoms with Crippen molar-refractivity contribution in [2.24, 2.45) is 0 Å². The van der Waals surface area contributed by atoms with Gasteiger partial charge in [0.25, 0.3) is 0 Å². The molecule has 5 heteroatoms. The molecule has 21 heavy (non-hydrogen) atoms. The third-order valence-corrected chi connectivity index (χ3v) is 4.89. The second-order valence-electron chi connectivity index (χ2n) is 5.33. The van der Waals surface area contributed by atoms with Crippen molar-refractivity contribution in [3.8, 4) is 5.69 Å². The molecule has 0 aliphatic heterocycles. The van der Waals surface area contributed by atoms with Crippen molar-refractivity contribution in [3.63, 3.8) is 0 Å². The summed E-state index contributed by atoms with van der Waals surface area (Å²) in [4.78, 5) is 15.1. The molecule has 3 rings (SSSR count). The lowest BCUT2D eigenvalue weighted by Gasteiger charge is -2.22. The molecule has 0 radical (unpaired) electrons. The summed E-state index contributed by atoms with van der Waals surface area (Å²) in [6.45, 7) is 2.17. The summed E-state index contributed by atoms with van der Waals surface area (Å²) in [7, 11) is 0. The van der Waals surface area contributed by atoms with E-state index in [0.717, 1.165) is 23.7 Å². The molecular formula is C16H18N2O2S. The fourth-order valence-corrected chi connectivity index (χ4v) is 3.65. The largest absolute Gasteiger partial charge is 0.481 e. The van der Waals surface area contributed by atoms with Gasteiger partial charge in [-0.3, -0.25) is 9.36 Å². The van der Waals surface area contributed by atoms with Gasteiger partial charge >= 0.3 is 5.97 Å². The Bertz CT molecular complexity index is 679. The highest BCUT2D eigenvalue weighted by molar-refractivity contribution is 7.99. The second-order valence-corrected chi connectivity index (χ2v) is 6.27. The Hall–Kier alpha value is -1.75. The van der Waals surface area contributed by atoms with E-state index in [0.29, 0.717) is 0 Å². The van der Waals surface area contributed by atoms with Crippen molar-refractivity contribution in [1.82, 2.24) is 9.55 Å². The van der Waals surface area contributed by atoms with Crippen LogP contribution in [-0.4, -0.2) is 26.4 Å². The van der Waals surface area contributed by atoms with Crippen LogP contribution in [0.15, 0.2) is 29.7 Å². The number of aromatic nitrogens is 2. The van der Waals surface area contributed by atoms with Crippen LogP contribution in [0, 0.1) is 6.92 Å². The fourth-order valence-electron chi connectivity index (χ4n) is 2.96. The number of carboxylic acid groups (broad SMARTS) is 1. The summed E-state index contributed by atoms with van der Waals surface area (Å²) >= 11 is 1.26. The van der Waals surface area contributed by atoms with Crippen LogP contribution in [0.25, 0.3) is 5.69 Å². The number of aliphatic carboxylic acids is 1. The molecule has 0 atom stereocenters. The number of thioether (sulfide) groups is 1. The number of benzene rings is 1. The Labute approximate surface area is 128 Å². The highest BCUT2D eigenvalue weighted by Gasteiger charge is 2.18. The van der Waals surface area contributed by atoms with Gasteiger partial charge in [-0.15, -0.1) is 0 Å². The van der Waals surface area contributed by atoms with Crippen molar-refractivity contribution < 1.29 is 9.90 Å². The molecule has 4 nitrogen and oxygen atoms in total. The minimum absolute atomic E-state index is 0.0328. The summed E-state index contributed by atoms with van der Waals surface area (Å²) in [5, 5.41) is 9.59. The molecule has 0 spiro atoms. The van der Waals surface area contributed by atoms with Crippen LogP contribution in [0.3, 0.4) is 0 Å². The highest BCUT2D eigenvalue weighted by atomic mass is 32.2. The molecule has 1 aromatic carbocycles. The van der Waals surface area contributed by atoms with Crippen LogP contribution in [0.5, 0.6) is 0 Å². The monoisotopic (exact) mass is 302 g/mol. The summed E-state index contributed by atoms with van der Waals surface area (Å²) in [5.41, 5.74) is 5.37. The number of imidazole rings is 1. The lowest BCUT2D eigenvalue weighted by Crippen LogP contribution is -2.10. The van der Waals surface area contributed by atoms with Crippen LogP contribution >= 0.6 is 11.8 Å². The van der Waals surface area contributed by atoms with Gasteiger partial charge in [0.05, 0.1) is 11.4 Å². The van der Waals surface area contributed by atoms with Crippen LogP contribution in [0.2, 0.25) is 0 Å². The van der Waals surface area contributed by atoms with Gasteiger partial charge in [-0.05, 0) is 55.4 Å². The van der Waals surface area contributed by atoms with Gasteiger partial charge in [0.1, 0.15) is 0 Å². The molecule has 0 unspecified atom stereocenters. The van der Waals surface area contributed by atoms with Crippen molar-refractivity contribution >= 4 is 17.7 Å². The molecule has 1 aliphatic rings. The first-order chi connectivity index (χ1) is 10.2. The summed E-state index contributed by atoms with van der Waals surface area (Å²) < 4.78 is 2.02. The van der Waals surface area contributed by atoms with E-state index in [2.05, 4.69) is 24.0 Å². The first kappa shape index (κ1) is 14.2. The standard InChI is InChI=1S/C16H18N2O2S/c1-11-6-7-14(13-5-3-2-4-12(11)13)18-9-8-17-16(18)21-10-15(19)20/h6-9H,2-5,10H2,1H3,(H,19,20). The van der Waals surface area contributed by atoms with Crippen molar-refractivity contribution in [3.05, 3.63) is 41.2 Å². The molecule has 1 N–H and O–H groups in total. The van der Waals surface area contributed by atoms with E-state index in [4.69, 9.17) is 5.11 Å². The van der Waals surface area contributed by atoms with Gasteiger partial charge in [-0.2, -0.15) is 0 Å². The molecule has 0 saturated heterocycles. The third-order valence-electron chi connectivity index (χ3n) is 3.94. The highest BCUT2D eigenvalue weighted by Crippen LogP contribution is 2.31. The number of rotatable bonds is 4. The first-order valence-corrected chi connectivity index (χ1v) is 8.15. The molecule has 0 fully saturated rings. The Morgan fingerprint density at radius 2 is 2.10 bits per heavy atom. The van der Waals surface area contributed by atoms with Gasteiger partial charge in [0.2, 0.25) is 0 Å². The van der Waals surface area contributed by atoms with Crippen molar-refractivity contribution in [2.75, 3.05) is 5.75 Å². The van der Waals surface area contributed by atoms with Crippen molar-refractivity contribution in [2.45, 2.75) is 37.8 Å². The third kappa shape index (κ3) is 2.83. The smallest absolute Gasteiger partial charge is 0.313 e. The number of carbonyl (C=O) groups is 1. The summed E-state index contributed by atoms with van der Waals surface area (Å²) in [6, 6.07) is 4.29.